The standard InChI is InChI=1S/C11H13NO3S/c1-8(13)9-2-4-10(5-3-9)12-16(14,15)11-6-7-11/h2-5,11-12H,6-7H2,1H3. The summed E-state index contributed by atoms with van der Waals surface area (Å²) < 4.78 is 25.7. The van der Waals surface area contributed by atoms with Crippen molar-refractivity contribution in [3.63, 3.8) is 0 Å². The molecular formula is C11H13NO3S. The molecule has 1 aromatic carbocycles. The zero-order chi connectivity index (χ0) is 11.8. The monoisotopic (exact) mass is 239 g/mol. The van der Waals surface area contributed by atoms with E-state index >= 15 is 0 Å². The van der Waals surface area contributed by atoms with Gasteiger partial charge in [0.15, 0.2) is 5.78 Å². The van der Waals surface area contributed by atoms with Gasteiger partial charge in [-0.15, -0.1) is 0 Å². The van der Waals surface area contributed by atoms with Gasteiger partial charge in [0, 0.05) is 11.3 Å². The van der Waals surface area contributed by atoms with Gasteiger partial charge in [-0.3, -0.25) is 9.52 Å². The molecule has 1 aliphatic rings. The number of carbonyl (C=O) groups excluding carboxylic acids is 1. The van der Waals surface area contributed by atoms with Crippen molar-refractivity contribution in [3.05, 3.63) is 29.8 Å². The van der Waals surface area contributed by atoms with Crippen LogP contribution in [0.1, 0.15) is 30.1 Å². The highest BCUT2D eigenvalue weighted by molar-refractivity contribution is 7.93. The van der Waals surface area contributed by atoms with Crippen molar-refractivity contribution in [2.24, 2.45) is 0 Å². The second-order valence-corrected chi connectivity index (χ2v) is 5.94. The molecule has 4 nitrogen and oxygen atoms in total. The topological polar surface area (TPSA) is 63.2 Å². The molecule has 1 saturated carbocycles. The maximum Gasteiger partial charge on any atom is 0.235 e. The number of ketones is 1. The Bertz CT molecular complexity index is 501. The number of anilines is 1. The maximum atomic E-state index is 11.6. The van der Waals surface area contributed by atoms with Gasteiger partial charge in [0.05, 0.1) is 5.25 Å². The van der Waals surface area contributed by atoms with Crippen LogP contribution < -0.4 is 4.72 Å². The van der Waals surface area contributed by atoms with E-state index in [4.69, 9.17) is 0 Å². The van der Waals surface area contributed by atoms with E-state index in [-0.39, 0.29) is 11.0 Å². The van der Waals surface area contributed by atoms with E-state index in [0.717, 1.165) is 12.8 Å². The molecule has 2 rings (SSSR count). The van der Waals surface area contributed by atoms with Crippen LogP contribution in [0.5, 0.6) is 0 Å². The Labute approximate surface area is 94.7 Å². The first kappa shape index (κ1) is 11.1. The Hall–Kier alpha value is -1.36. The molecule has 86 valence electrons. The largest absolute Gasteiger partial charge is 0.295 e. The van der Waals surface area contributed by atoms with E-state index in [0.29, 0.717) is 11.3 Å². The lowest BCUT2D eigenvalue weighted by atomic mass is 10.1. The fraction of sp³-hybridized carbons (Fsp3) is 0.364. The quantitative estimate of drug-likeness (QED) is 0.815. The molecule has 0 aromatic heterocycles. The van der Waals surface area contributed by atoms with Crippen LogP contribution in [0.3, 0.4) is 0 Å². The Morgan fingerprint density at radius 3 is 2.25 bits per heavy atom. The van der Waals surface area contributed by atoms with E-state index in [1.54, 1.807) is 24.3 Å². The van der Waals surface area contributed by atoms with Crippen LogP contribution >= 0.6 is 0 Å². The van der Waals surface area contributed by atoms with Crippen LogP contribution in [0.15, 0.2) is 24.3 Å². The average molecular weight is 239 g/mol. The van der Waals surface area contributed by atoms with Crippen LogP contribution in [0, 0.1) is 0 Å². The summed E-state index contributed by atoms with van der Waals surface area (Å²) in [7, 11) is -3.21. The number of sulfonamides is 1. The molecule has 5 heteroatoms. The Balaban J connectivity index is 2.13. The van der Waals surface area contributed by atoms with E-state index < -0.39 is 10.0 Å². The van der Waals surface area contributed by atoms with Gasteiger partial charge in [0.1, 0.15) is 0 Å². The zero-order valence-corrected chi connectivity index (χ0v) is 9.75. The predicted molar refractivity (Wildman–Crippen MR) is 62.0 cm³/mol. The van der Waals surface area contributed by atoms with Crippen molar-refractivity contribution in [1.29, 1.82) is 0 Å². The third-order valence-corrected chi connectivity index (χ3v) is 4.38. The van der Waals surface area contributed by atoms with Crippen molar-refractivity contribution < 1.29 is 13.2 Å². The van der Waals surface area contributed by atoms with Crippen LogP contribution in [0.2, 0.25) is 0 Å². The molecule has 0 spiro atoms. The highest BCUT2D eigenvalue weighted by atomic mass is 32.2. The van der Waals surface area contributed by atoms with Gasteiger partial charge >= 0.3 is 0 Å². The number of rotatable bonds is 4. The Kier molecular flexibility index (Phi) is 2.71. The minimum absolute atomic E-state index is 0.0309. The number of benzene rings is 1. The third-order valence-electron chi connectivity index (χ3n) is 2.51. The highest BCUT2D eigenvalue weighted by Crippen LogP contribution is 2.29. The predicted octanol–water partition coefficient (Wildman–Crippen LogP) is 1.79. The van der Waals surface area contributed by atoms with Gasteiger partial charge in [-0.1, -0.05) is 0 Å². The fourth-order valence-electron chi connectivity index (χ4n) is 1.40. The van der Waals surface area contributed by atoms with Crippen molar-refractivity contribution in [2.75, 3.05) is 4.72 Å². The summed E-state index contributed by atoms with van der Waals surface area (Å²) >= 11 is 0. The first-order valence-electron chi connectivity index (χ1n) is 5.12. The van der Waals surface area contributed by atoms with Gasteiger partial charge in [0.25, 0.3) is 0 Å². The second-order valence-electron chi connectivity index (χ2n) is 3.98. The molecule has 1 fully saturated rings. The summed E-state index contributed by atoms with van der Waals surface area (Å²) in [6.45, 7) is 1.48. The summed E-state index contributed by atoms with van der Waals surface area (Å²) in [6, 6.07) is 6.45. The minimum atomic E-state index is -3.21. The van der Waals surface area contributed by atoms with Crippen LogP contribution in [0.4, 0.5) is 5.69 Å². The van der Waals surface area contributed by atoms with Crippen molar-refractivity contribution in [1.82, 2.24) is 0 Å². The van der Waals surface area contributed by atoms with Gasteiger partial charge in [0.2, 0.25) is 10.0 Å². The summed E-state index contributed by atoms with van der Waals surface area (Å²) in [5, 5.41) is -0.236. The highest BCUT2D eigenvalue weighted by Gasteiger charge is 2.35. The van der Waals surface area contributed by atoms with E-state index in [2.05, 4.69) is 4.72 Å². The van der Waals surface area contributed by atoms with Gasteiger partial charge in [-0.2, -0.15) is 0 Å². The maximum absolute atomic E-state index is 11.6. The third kappa shape index (κ3) is 2.41. The van der Waals surface area contributed by atoms with Gasteiger partial charge in [-0.05, 0) is 44.0 Å². The smallest absolute Gasteiger partial charge is 0.235 e. The molecular weight excluding hydrogens is 226 g/mol. The molecule has 0 saturated heterocycles. The number of Topliss-reactive ketones (excluding diaryl/α,β-unsaturated/α-hetero) is 1. The van der Waals surface area contributed by atoms with Crippen molar-refractivity contribution in [3.8, 4) is 0 Å². The lowest BCUT2D eigenvalue weighted by molar-refractivity contribution is 0.101. The summed E-state index contributed by atoms with van der Waals surface area (Å²) in [6.07, 6.45) is 1.47. The molecule has 1 aromatic rings. The number of hydrogen-bond acceptors (Lipinski definition) is 3. The van der Waals surface area contributed by atoms with Crippen LogP contribution in [-0.2, 0) is 10.0 Å². The average Bonchev–Trinajstić information content (AvgIpc) is 3.01. The molecule has 0 bridgehead atoms. The molecule has 0 atom stereocenters. The molecule has 16 heavy (non-hydrogen) atoms. The SMILES string of the molecule is CC(=O)c1ccc(NS(=O)(=O)C2CC2)cc1. The van der Waals surface area contributed by atoms with E-state index in [1.807, 2.05) is 0 Å². The summed E-state index contributed by atoms with van der Waals surface area (Å²) in [5.41, 5.74) is 1.09. The van der Waals surface area contributed by atoms with E-state index in [9.17, 15) is 13.2 Å². The molecule has 0 unspecified atom stereocenters. The zero-order valence-electron chi connectivity index (χ0n) is 8.93. The molecule has 0 heterocycles. The number of hydrogen-bond donors (Lipinski definition) is 1. The van der Waals surface area contributed by atoms with Gasteiger partial charge < -0.3 is 0 Å². The normalized spacial score (nSPS) is 15.8. The van der Waals surface area contributed by atoms with Crippen LogP contribution in [0.25, 0.3) is 0 Å². The molecule has 1 aliphatic carbocycles. The van der Waals surface area contributed by atoms with Gasteiger partial charge in [-0.25, -0.2) is 8.42 Å². The lowest BCUT2D eigenvalue weighted by Crippen LogP contribution is -2.17. The summed E-state index contributed by atoms with van der Waals surface area (Å²) in [5.74, 6) is -0.0309. The van der Waals surface area contributed by atoms with Crippen LogP contribution in [-0.4, -0.2) is 19.5 Å². The van der Waals surface area contributed by atoms with E-state index in [1.165, 1.54) is 6.92 Å². The fourth-order valence-corrected chi connectivity index (χ4v) is 2.79. The Morgan fingerprint density at radius 2 is 1.81 bits per heavy atom. The first-order valence-corrected chi connectivity index (χ1v) is 6.66. The first-order chi connectivity index (χ1) is 7.49. The number of carbonyl (C=O) groups is 1. The minimum Gasteiger partial charge on any atom is -0.295 e. The molecule has 0 aliphatic heterocycles. The second kappa shape index (κ2) is 3.90. The Morgan fingerprint density at radius 1 is 1.25 bits per heavy atom. The number of nitrogens with one attached hydrogen (secondary N) is 1. The molecule has 0 radical (unpaired) electrons. The summed E-state index contributed by atoms with van der Waals surface area (Å²) in [4.78, 5) is 11.0. The lowest BCUT2D eigenvalue weighted by Gasteiger charge is -2.06. The van der Waals surface area contributed by atoms with Crippen molar-refractivity contribution >= 4 is 21.5 Å². The molecule has 1 N–H and O–H groups in total. The molecule has 0 amide bonds. The van der Waals surface area contributed by atoms with Crippen molar-refractivity contribution in [2.45, 2.75) is 25.0 Å².